The first-order chi connectivity index (χ1) is 13.2. The molecule has 0 radical (unpaired) electrons. The topological polar surface area (TPSA) is 21.1 Å². The monoisotopic (exact) mass is 365 g/mol. The first-order valence-electron chi connectivity index (χ1n) is 9.52. The zero-order valence-corrected chi connectivity index (χ0v) is 15.1. The predicted octanol–water partition coefficient (Wildman–Crippen LogP) is 4.55. The molecule has 2 aliphatic rings. The summed E-state index contributed by atoms with van der Waals surface area (Å²) >= 11 is 0. The zero-order valence-electron chi connectivity index (χ0n) is 15.1. The number of benzene rings is 2. The lowest BCUT2D eigenvalue weighted by Crippen LogP contribution is -2.29. The quantitative estimate of drug-likeness (QED) is 0.679. The number of nitrogens with zero attached hydrogens (tertiary/aromatic N) is 3. The highest BCUT2D eigenvalue weighted by Gasteiger charge is 2.21. The smallest absolute Gasteiger partial charge is 0.125 e. The Labute approximate surface area is 156 Å². The molecular formula is C22H21F2N3. The van der Waals surface area contributed by atoms with Gasteiger partial charge in [0.05, 0.1) is 17.6 Å². The lowest BCUT2D eigenvalue weighted by atomic mass is 9.99. The fourth-order valence-corrected chi connectivity index (χ4v) is 4.33. The molecule has 0 unspecified atom stereocenters. The number of hydrogen-bond acceptors (Lipinski definition) is 2. The van der Waals surface area contributed by atoms with Gasteiger partial charge in [-0.15, -0.1) is 0 Å². The maximum absolute atomic E-state index is 13.8. The molecule has 3 aromatic rings. The average Bonchev–Trinajstić information content (AvgIpc) is 3.02. The summed E-state index contributed by atoms with van der Waals surface area (Å²) in [5.41, 5.74) is 5.33. The van der Waals surface area contributed by atoms with E-state index in [0.717, 1.165) is 73.4 Å². The highest BCUT2D eigenvalue weighted by molar-refractivity contribution is 5.80. The Morgan fingerprint density at radius 1 is 0.963 bits per heavy atom. The van der Waals surface area contributed by atoms with E-state index in [0.29, 0.717) is 0 Å². The van der Waals surface area contributed by atoms with Crippen LogP contribution in [0.15, 0.2) is 42.5 Å². The minimum atomic E-state index is -0.201. The van der Waals surface area contributed by atoms with Gasteiger partial charge in [0.25, 0.3) is 0 Å². The van der Waals surface area contributed by atoms with E-state index < -0.39 is 0 Å². The Hall–Kier alpha value is -2.53. The fraction of sp³-hybridized carbons (Fsp3) is 0.318. The van der Waals surface area contributed by atoms with Crippen LogP contribution in [0.3, 0.4) is 0 Å². The Morgan fingerprint density at radius 3 is 2.59 bits per heavy atom. The van der Waals surface area contributed by atoms with Gasteiger partial charge in [-0.3, -0.25) is 4.90 Å². The van der Waals surface area contributed by atoms with Crippen molar-refractivity contribution in [3.63, 3.8) is 0 Å². The minimum Gasteiger partial charge on any atom is -0.327 e. The van der Waals surface area contributed by atoms with Gasteiger partial charge in [-0.25, -0.2) is 13.8 Å². The van der Waals surface area contributed by atoms with Gasteiger partial charge in [-0.05, 0) is 54.2 Å². The highest BCUT2D eigenvalue weighted by atomic mass is 19.1. The average molecular weight is 365 g/mol. The van der Waals surface area contributed by atoms with Crippen LogP contribution in [0.1, 0.15) is 29.8 Å². The van der Waals surface area contributed by atoms with Crippen LogP contribution in [0, 0.1) is 11.6 Å². The van der Waals surface area contributed by atoms with Crippen LogP contribution < -0.4 is 0 Å². The normalized spacial score (nSPS) is 17.3. The molecule has 0 fully saturated rings. The van der Waals surface area contributed by atoms with Gasteiger partial charge in [0.1, 0.15) is 17.5 Å². The molecule has 2 aromatic carbocycles. The van der Waals surface area contributed by atoms with E-state index in [1.165, 1.54) is 17.7 Å². The molecule has 0 saturated heterocycles. The molecule has 0 saturated carbocycles. The van der Waals surface area contributed by atoms with E-state index in [1.54, 1.807) is 12.1 Å². The summed E-state index contributed by atoms with van der Waals surface area (Å²) in [6.45, 7) is 3.50. The van der Waals surface area contributed by atoms with Crippen molar-refractivity contribution < 1.29 is 8.78 Å². The number of aryl methyl sites for hydroxylation is 2. The van der Waals surface area contributed by atoms with E-state index >= 15 is 0 Å². The number of hydrogen-bond donors (Lipinski definition) is 0. The van der Waals surface area contributed by atoms with E-state index in [4.69, 9.17) is 4.98 Å². The molecule has 0 N–H and O–H groups in total. The molecule has 2 aliphatic heterocycles. The maximum Gasteiger partial charge on any atom is 0.125 e. The minimum absolute atomic E-state index is 0.194. The van der Waals surface area contributed by atoms with Gasteiger partial charge in [0.2, 0.25) is 0 Å². The summed E-state index contributed by atoms with van der Waals surface area (Å²) in [4.78, 5) is 7.11. The van der Waals surface area contributed by atoms with E-state index in [1.807, 2.05) is 12.1 Å². The van der Waals surface area contributed by atoms with Gasteiger partial charge in [0, 0.05) is 25.7 Å². The second-order valence-corrected chi connectivity index (χ2v) is 7.44. The summed E-state index contributed by atoms with van der Waals surface area (Å²) < 4.78 is 29.2. The standard InChI is InChI=1S/C22H21F2N3/c23-18-5-3-15(4-6-18)16-7-10-26(11-8-16)14-21-25-20-13-19(24)12-17-2-1-9-27(21)22(17)20/h3-7,12-13H,1-2,8-11,14H2. The van der Waals surface area contributed by atoms with Crippen LogP contribution in [0.5, 0.6) is 0 Å². The van der Waals surface area contributed by atoms with Crippen LogP contribution in [-0.4, -0.2) is 27.5 Å². The Kier molecular flexibility index (Phi) is 4.05. The number of aromatic nitrogens is 2. The van der Waals surface area contributed by atoms with E-state index in [9.17, 15) is 8.78 Å². The number of rotatable bonds is 3. The molecule has 138 valence electrons. The molecule has 3 heterocycles. The van der Waals surface area contributed by atoms with Crippen molar-refractivity contribution >= 4 is 16.6 Å². The van der Waals surface area contributed by atoms with Crippen molar-refractivity contribution in [2.45, 2.75) is 32.4 Å². The van der Waals surface area contributed by atoms with Crippen LogP contribution in [0.2, 0.25) is 0 Å². The van der Waals surface area contributed by atoms with Crippen molar-refractivity contribution in [1.82, 2.24) is 14.5 Å². The van der Waals surface area contributed by atoms with E-state index in [-0.39, 0.29) is 11.6 Å². The van der Waals surface area contributed by atoms with Gasteiger partial charge in [-0.2, -0.15) is 0 Å². The molecule has 5 rings (SSSR count). The van der Waals surface area contributed by atoms with Gasteiger partial charge in [0.15, 0.2) is 0 Å². The van der Waals surface area contributed by atoms with Crippen LogP contribution in [-0.2, 0) is 19.5 Å². The third-order valence-corrected chi connectivity index (χ3v) is 5.67. The third-order valence-electron chi connectivity index (χ3n) is 5.67. The van der Waals surface area contributed by atoms with Gasteiger partial charge < -0.3 is 4.57 Å². The van der Waals surface area contributed by atoms with Crippen molar-refractivity contribution in [2.24, 2.45) is 0 Å². The molecule has 0 atom stereocenters. The Bertz CT molecular complexity index is 1030. The third kappa shape index (κ3) is 3.06. The zero-order chi connectivity index (χ0) is 18.4. The molecule has 0 spiro atoms. The molecule has 5 heteroatoms. The SMILES string of the molecule is Fc1ccc(C2=CCN(Cc3nc4cc(F)cc5c4n3CCC5)CC2)cc1. The van der Waals surface area contributed by atoms with Gasteiger partial charge in [-0.1, -0.05) is 18.2 Å². The second kappa shape index (κ2) is 6.57. The molecule has 0 amide bonds. The molecule has 1 aromatic heterocycles. The summed E-state index contributed by atoms with van der Waals surface area (Å²) in [5, 5.41) is 0. The van der Waals surface area contributed by atoms with Crippen molar-refractivity contribution in [3.8, 4) is 0 Å². The molecule has 0 aliphatic carbocycles. The summed E-state index contributed by atoms with van der Waals surface area (Å²) in [6.07, 6.45) is 5.11. The largest absolute Gasteiger partial charge is 0.327 e. The van der Waals surface area contributed by atoms with E-state index in [2.05, 4.69) is 15.5 Å². The molecule has 0 bridgehead atoms. The van der Waals surface area contributed by atoms with Crippen LogP contribution >= 0.6 is 0 Å². The Balaban J connectivity index is 1.38. The second-order valence-electron chi connectivity index (χ2n) is 7.44. The number of imidazole rings is 1. The maximum atomic E-state index is 13.8. The summed E-state index contributed by atoms with van der Waals surface area (Å²) in [5.74, 6) is 0.628. The van der Waals surface area contributed by atoms with Crippen molar-refractivity contribution in [3.05, 3.63) is 71.1 Å². The highest BCUT2D eigenvalue weighted by Crippen LogP contribution is 2.29. The summed E-state index contributed by atoms with van der Waals surface area (Å²) in [6, 6.07) is 9.92. The van der Waals surface area contributed by atoms with Crippen LogP contribution in [0.4, 0.5) is 8.78 Å². The Morgan fingerprint density at radius 2 is 1.81 bits per heavy atom. The van der Waals surface area contributed by atoms with Crippen molar-refractivity contribution in [2.75, 3.05) is 13.1 Å². The first kappa shape index (κ1) is 16.6. The predicted molar refractivity (Wildman–Crippen MR) is 102 cm³/mol. The lowest BCUT2D eigenvalue weighted by Gasteiger charge is -2.27. The first-order valence-corrected chi connectivity index (χ1v) is 9.52. The fourth-order valence-electron chi connectivity index (χ4n) is 4.33. The summed E-state index contributed by atoms with van der Waals surface area (Å²) in [7, 11) is 0. The van der Waals surface area contributed by atoms with Gasteiger partial charge >= 0.3 is 0 Å². The molecule has 27 heavy (non-hydrogen) atoms. The lowest BCUT2D eigenvalue weighted by molar-refractivity contribution is 0.281. The number of halogens is 2. The van der Waals surface area contributed by atoms with Crippen LogP contribution in [0.25, 0.3) is 16.6 Å². The molecule has 3 nitrogen and oxygen atoms in total. The molecular weight excluding hydrogens is 344 g/mol. The van der Waals surface area contributed by atoms with Crippen molar-refractivity contribution in [1.29, 1.82) is 0 Å².